The van der Waals surface area contributed by atoms with Crippen LogP contribution in [0, 0.1) is 6.92 Å². The second-order valence-corrected chi connectivity index (χ2v) is 5.91. The van der Waals surface area contributed by atoms with Crippen molar-refractivity contribution in [2.24, 2.45) is 0 Å². The molecule has 1 aromatic heterocycles. The fourth-order valence-electron chi connectivity index (χ4n) is 1.67. The zero-order valence-electron chi connectivity index (χ0n) is 10.5. The lowest BCUT2D eigenvalue weighted by molar-refractivity contribution is 0.0895. The lowest BCUT2D eigenvalue weighted by Gasteiger charge is -2.29. The molecule has 1 amide bonds. The van der Waals surface area contributed by atoms with Crippen LogP contribution >= 0.6 is 11.5 Å². The van der Waals surface area contributed by atoms with Gasteiger partial charge in [-0.1, -0.05) is 0 Å². The average Bonchev–Trinajstić information content (AvgIpc) is 2.47. The van der Waals surface area contributed by atoms with Crippen molar-refractivity contribution in [1.82, 2.24) is 14.6 Å². The molecule has 90 valence electrons. The predicted octanol–water partition coefficient (Wildman–Crippen LogP) is 1.52. The van der Waals surface area contributed by atoms with Crippen molar-refractivity contribution in [3.05, 3.63) is 16.6 Å². The first-order valence-electron chi connectivity index (χ1n) is 5.21. The summed E-state index contributed by atoms with van der Waals surface area (Å²) in [6.45, 7) is 6.75. The predicted molar refractivity (Wildman–Crippen MR) is 67.0 cm³/mol. The van der Waals surface area contributed by atoms with Gasteiger partial charge in [0, 0.05) is 17.0 Å². The SMILES string of the molecule is Cc1cc(C(=O)NC(C)(C)CN(C)C)ns1. The zero-order valence-corrected chi connectivity index (χ0v) is 11.3. The number of amides is 1. The molecule has 0 radical (unpaired) electrons. The van der Waals surface area contributed by atoms with Gasteiger partial charge in [-0.15, -0.1) is 0 Å². The Morgan fingerprint density at radius 1 is 1.56 bits per heavy atom. The smallest absolute Gasteiger partial charge is 0.271 e. The van der Waals surface area contributed by atoms with Crippen molar-refractivity contribution >= 4 is 17.4 Å². The van der Waals surface area contributed by atoms with Crippen LogP contribution < -0.4 is 5.32 Å². The molecule has 0 aliphatic heterocycles. The first-order chi connectivity index (χ1) is 7.30. The molecule has 0 fully saturated rings. The number of aryl methyl sites for hydroxylation is 1. The Hall–Kier alpha value is -0.940. The summed E-state index contributed by atoms with van der Waals surface area (Å²) in [6.07, 6.45) is 0. The van der Waals surface area contributed by atoms with Crippen LogP contribution in [0.2, 0.25) is 0 Å². The molecular weight excluding hydrogens is 222 g/mol. The monoisotopic (exact) mass is 241 g/mol. The summed E-state index contributed by atoms with van der Waals surface area (Å²) in [5.74, 6) is -0.101. The van der Waals surface area contributed by atoms with E-state index >= 15 is 0 Å². The second-order valence-electron chi connectivity index (χ2n) is 4.90. The molecule has 5 heteroatoms. The summed E-state index contributed by atoms with van der Waals surface area (Å²) in [6, 6.07) is 1.81. The van der Waals surface area contributed by atoms with Crippen molar-refractivity contribution in [2.45, 2.75) is 26.3 Å². The molecule has 0 saturated carbocycles. The molecule has 1 heterocycles. The fraction of sp³-hybridized carbons (Fsp3) is 0.636. The normalized spacial score (nSPS) is 11.9. The highest BCUT2D eigenvalue weighted by Crippen LogP contribution is 2.10. The van der Waals surface area contributed by atoms with Gasteiger partial charge in [0.25, 0.3) is 5.91 Å². The molecular formula is C11H19N3OS. The van der Waals surface area contributed by atoms with Crippen LogP contribution in [-0.4, -0.2) is 41.4 Å². The van der Waals surface area contributed by atoms with Crippen LogP contribution in [0.4, 0.5) is 0 Å². The van der Waals surface area contributed by atoms with Gasteiger partial charge >= 0.3 is 0 Å². The Bertz CT molecular complexity index is 371. The van der Waals surface area contributed by atoms with Crippen LogP contribution in [0.3, 0.4) is 0 Å². The van der Waals surface area contributed by atoms with E-state index in [4.69, 9.17) is 0 Å². The maximum atomic E-state index is 11.9. The molecule has 16 heavy (non-hydrogen) atoms. The minimum Gasteiger partial charge on any atom is -0.345 e. The summed E-state index contributed by atoms with van der Waals surface area (Å²) >= 11 is 1.35. The van der Waals surface area contributed by atoms with E-state index in [0.29, 0.717) is 5.69 Å². The van der Waals surface area contributed by atoms with Gasteiger partial charge in [-0.25, -0.2) is 0 Å². The molecule has 0 spiro atoms. The Balaban J connectivity index is 2.63. The van der Waals surface area contributed by atoms with E-state index in [-0.39, 0.29) is 11.4 Å². The fourth-order valence-corrected chi connectivity index (χ4v) is 2.22. The molecule has 1 N–H and O–H groups in total. The summed E-state index contributed by atoms with van der Waals surface area (Å²) in [5.41, 5.74) is 0.257. The Kier molecular flexibility index (Phi) is 4.04. The van der Waals surface area contributed by atoms with Crippen molar-refractivity contribution in [2.75, 3.05) is 20.6 Å². The number of nitrogens with zero attached hydrogens (tertiary/aromatic N) is 2. The number of nitrogens with one attached hydrogen (secondary N) is 1. The van der Waals surface area contributed by atoms with Gasteiger partial charge in [-0.2, -0.15) is 4.37 Å². The molecule has 4 nitrogen and oxygen atoms in total. The highest BCUT2D eigenvalue weighted by molar-refractivity contribution is 7.05. The highest BCUT2D eigenvalue weighted by atomic mass is 32.1. The Morgan fingerprint density at radius 3 is 2.62 bits per heavy atom. The number of carbonyl (C=O) groups is 1. The second kappa shape index (κ2) is 4.93. The van der Waals surface area contributed by atoms with Crippen LogP contribution in [0.5, 0.6) is 0 Å². The van der Waals surface area contributed by atoms with E-state index in [1.54, 1.807) is 0 Å². The summed E-state index contributed by atoms with van der Waals surface area (Å²) in [4.78, 5) is 15.0. The third-order valence-electron chi connectivity index (χ3n) is 2.02. The van der Waals surface area contributed by atoms with Gasteiger partial charge in [0.05, 0.1) is 0 Å². The lowest BCUT2D eigenvalue weighted by atomic mass is 10.1. The number of hydrogen-bond acceptors (Lipinski definition) is 4. The maximum Gasteiger partial charge on any atom is 0.271 e. The molecule has 0 aliphatic rings. The van der Waals surface area contributed by atoms with Crippen molar-refractivity contribution in [3.63, 3.8) is 0 Å². The number of rotatable bonds is 4. The molecule has 1 rings (SSSR count). The van der Waals surface area contributed by atoms with Gasteiger partial charge in [0.2, 0.25) is 0 Å². The number of carbonyl (C=O) groups excluding carboxylic acids is 1. The molecule has 0 bridgehead atoms. The Morgan fingerprint density at radius 2 is 2.19 bits per heavy atom. The maximum absolute atomic E-state index is 11.9. The quantitative estimate of drug-likeness (QED) is 0.869. The molecule has 0 atom stereocenters. The molecule has 0 aromatic carbocycles. The van der Waals surface area contributed by atoms with Crippen LogP contribution in [-0.2, 0) is 0 Å². The third kappa shape index (κ3) is 3.90. The van der Waals surface area contributed by atoms with E-state index in [9.17, 15) is 4.79 Å². The first-order valence-corrected chi connectivity index (χ1v) is 5.98. The Labute approximate surface area is 101 Å². The summed E-state index contributed by atoms with van der Waals surface area (Å²) in [7, 11) is 3.97. The van der Waals surface area contributed by atoms with Gasteiger partial charge in [-0.05, 0) is 52.5 Å². The number of likely N-dealkylation sites (N-methyl/N-ethyl adjacent to an activating group) is 1. The van der Waals surface area contributed by atoms with Crippen molar-refractivity contribution in [1.29, 1.82) is 0 Å². The van der Waals surface area contributed by atoms with Crippen LogP contribution in [0.15, 0.2) is 6.07 Å². The summed E-state index contributed by atoms with van der Waals surface area (Å²) < 4.78 is 4.10. The standard InChI is InChI=1S/C11H19N3OS/c1-8-6-9(13-16-8)10(15)12-11(2,3)7-14(4)5/h6H,7H2,1-5H3,(H,12,15). The lowest BCUT2D eigenvalue weighted by Crippen LogP contribution is -2.50. The van der Waals surface area contributed by atoms with Gasteiger partial charge in [0.15, 0.2) is 0 Å². The number of hydrogen-bond donors (Lipinski definition) is 1. The molecule has 0 aliphatic carbocycles. The largest absolute Gasteiger partial charge is 0.345 e. The average molecular weight is 241 g/mol. The third-order valence-corrected chi connectivity index (χ3v) is 2.72. The van der Waals surface area contributed by atoms with E-state index in [2.05, 4.69) is 9.69 Å². The van der Waals surface area contributed by atoms with Crippen LogP contribution in [0.25, 0.3) is 0 Å². The minimum atomic E-state index is -0.252. The molecule has 1 aromatic rings. The van der Waals surface area contributed by atoms with Crippen LogP contribution in [0.1, 0.15) is 29.2 Å². The number of aromatic nitrogens is 1. The first kappa shape index (κ1) is 13.1. The van der Waals surface area contributed by atoms with Gasteiger partial charge in [-0.3, -0.25) is 4.79 Å². The van der Waals surface area contributed by atoms with E-state index < -0.39 is 0 Å². The van der Waals surface area contributed by atoms with Crippen molar-refractivity contribution < 1.29 is 4.79 Å². The molecule has 0 saturated heterocycles. The highest BCUT2D eigenvalue weighted by Gasteiger charge is 2.22. The summed E-state index contributed by atoms with van der Waals surface area (Å²) in [5, 5.41) is 2.98. The van der Waals surface area contributed by atoms with E-state index in [1.165, 1.54) is 11.5 Å². The van der Waals surface area contributed by atoms with Gasteiger partial charge in [0.1, 0.15) is 5.69 Å². The molecule has 0 unspecified atom stereocenters. The zero-order chi connectivity index (χ0) is 12.3. The van der Waals surface area contributed by atoms with Crippen molar-refractivity contribution in [3.8, 4) is 0 Å². The van der Waals surface area contributed by atoms with E-state index in [0.717, 1.165) is 11.4 Å². The topological polar surface area (TPSA) is 45.2 Å². The minimum absolute atomic E-state index is 0.101. The van der Waals surface area contributed by atoms with E-state index in [1.807, 2.05) is 45.8 Å². The van der Waals surface area contributed by atoms with Gasteiger partial charge < -0.3 is 10.2 Å².